The van der Waals surface area contributed by atoms with Crippen LogP contribution < -0.4 is 5.32 Å². The van der Waals surface area contributed by atoms with Crippen molar-refractivity contribution in [3.8, 4) is 0 Å². The predicted molar refractivity (Wildman–Crippen MR) is 125 cm³/mol. The second-order valence-electron chi connectivity index (χ2n) is 7.33. The van der Waals surface area contributed by atoms with Crippen molar-refractivity contribution in [1.82, 2.24) is 19.6 Å². The van der Waals surface area contributed by atoms with Gasteiger partial charge in [0.1, 0.15) is 4.83 Å². The zero-order valence-corrected chi connectivity index (χ0v) is 19.2. The van der Waals surface area contributed by atoms with Crippen molar-refractivity contribution >= 4 is 62.3 Å². The van der Waals surface area contributed by atoms with Crippen molar-refractivity contribution in [2.75, 3.05) is 17.3 Å². The number of carbonyl (C=O) groups is 1. The number of aromatic nitrogens is 4. The molecule has 6 nitrogen and oxygen atoms in total. The summed E-state index contributed by atoms with van der Waals surface area (Å²) in [5, 5.41) is 14.6. The van der Waals surface area contributed by atoms with Crippen LogP contribution in [0.25, 0.3) is 15.9 Å². The third-order valence-electron chi connectivity index (χ3n) is 5.25. The topological polar surface area (TPSA) is 72.2 Å². The highest BCUT2D eigenvalue weighted by Gasteiger charge is 2.23. The molecular weight excluding hydrogens is 434 g/mol. The van der Waals surface area contributed by atoms with Crippen molar-refractivity contribution < 1.29 is 4.79 Å². The zero-order valence-electron chi connectivity index (χ0n) is 16.8. The quantitative estimate of drug-likeness (QED) is 0.338. The predicted octanol–water partition coefficient (Wildman–Crippen LogP) is 4.98. The SMILES string of the molecule is CSc1nc2sc3c(c2c2nnc(SCC(=O)Nc4ccc(C)cc4)n12)CCCC3. The summed E-state index contributed by atoms with van der Waals surface area (Å²) >= 11 is 4.77. The Labute approximate surface area is 186 Å². The molecule has 0 radical (unpaired) electrons. The summed E-state index contributed by atoms with van der Waals surface area (Å²) in [5.74, 6) is 0.204. The lowest BCUT2D eigenvalue weighted by atomic mass is 9.97. The molecule has 5 rings (SSSR count). The van der Waals surface area contributed by atoms with E-state index in [1.165, 1.54) is 35.0 Å². The third kappa shape index (κ3) is 3.59. The van der Waals surface area contributed by atoms with Gasteiger partial charge in [0.15, 0.2) is 16.0 Å². The first kappa shape index (κ1) is 19.8. The van der Waals surface area contributed by atoms with Crippen LogP contribution in [-0.4, -0.2) is 37.5 Å². The van der Waals surface area contributed by atoms with Crippen LogP contribution in [0.2, 0.25) is 0 Å². The van der Waals surface area contributed by atoms with E-state index in [9.17, 15) is 4.79 Å². The number of amides is 1. The minimum Gasteiger partial charge on any atom is -0.325 e. The van der Waals surface area contributed by atoms with E-state index in [0.29, 0.717) is 5.16 Å². The van der Waals surface area contributed by atoms with Crippen LogP contribution in [0.4, 0.5) is 5.69 Å². The average molecular weight is 456 g/mol. The van der Waals surface area contributed by atoms with Gasteiger partial charge in [-0.05, 0) is 56.6 Å². The van der Waals surface area contributed by atoms with E-state index in [2.05, 4.69) is 15.5 Å². The molecule has 30 heavy (non-hydrogen) atoms. The molecule has 154 valence electrons. The van der Waals surface area contributed by atoms with Gasteiger partial charge in [0.2, 0.25) is 5.91 Å². The lowest BCUT2D eigenvalue weighted by molar-refractivity contribution is -0.113. The number of nitrogens with zero attached hydrogens (tertiary/aromatic N) is 4. The molecule has 0 saturated heterocycles. The largest absolute Gasteiger partial charge is 0.325 e. The van der Waals surface area contributed by atoms with Gasteiger partial charge in [0.05, 0.1) is 11.1 Å². The second-order valence-corrected chi connectivity index (χ2v) is 10.1. The molecule has 1 aromatic carbocycles. The molecule has 0 aliphatic heterocycles. The fourth-order valence-electron chi connectivity index (χ4n) is 3.80. The van der Waals surface area contributed by atoms with E-state index in [4.69, 9.17) is 4.98 Å². The molecule has 1 aliphatic carbocycles. The molecule has 9 heteroatoms. The van der Waals surface area contributed by atoms with Crippen LogP contribution in [-0.2, 0) is 17.6 Å². The van der Waals surface area contributed by atoms with Crippen molar-refractivity contribution in [2.45, 2.75) is 42.9 Å². The number of hydrogen-bond donors (Lipinski definition) is 1. The van der Waals surface area contributed by atoms with Crippen LogP contribution in [0, 0.1) is 6.92 Å². The van der Waals surface area contributed by atoms with Crippen LogP contribution in [0.1, 0.15) is 28.8 Å². The number of aryl methyl sites for hydroxylation is 3. The molecule has 0 bridgehead atoms. The van der Waals surface area contributed by atoms with Crippen molar-refractivity contribution in [3.63, 3.8) is 0 Å². The number of thiophene rings is 1. The number of fused-ring (bicyclic) bond motifs is 5. The highest BCUT2D eigenvalue weighted by Crippen LogP contribution is 2.39. The first-order chi connectivity index (χ1) is 14.6. The van der Waals surface area contributed by atoms with Gasteiger partial charge >= 0.3 is 0 Å². The van der Waals surface area contributed by atoms with Crippen LogP contribution >= 0.6 is 34.9 Å². The number of thioether (sulfide) groups is 2. The van der Waals surface area contributed by atoms with E-state index in [1.807, 2.05) is 41.8 Å². The van der Waals surface area contributed by atoms with Crippen molar-refractivity contribution in [3.05, 3.63) is 40.3 Å². The van der Waals surface area contributed by atoms with Gasteiger partial charge in [-0.25, -0.2) is 9.38 Å². The Bertz CT molecular complexity index is 1250. The van der Waals surface area contributed by atoms with Crippen LogP contribution in [0.15, 0.2) is 34.6 Å². The van der Waals surface area contributed by atoms with E-state index in [0.717, 1.165) is 45.1 Å². The summed E-state index contributed by atoms with van der Waals surface area (Å²) in [6.07, 6.45) is 6.69. The van der Waals surface area contributed by atoms with Gasteiger partial charge in [-0.1, -0.05) is 41.2 Å². The summed E-state index contributed by atoms with van der Waals surface area (Å²) in [6.45, 7) is 2.02. The Hall–Kier alpha value is -2.10. The number of nitrogens with one attached hydrogen (secondary N) is 1. The Morgan fingerprint density at radius 2 is 1.97 bits per heavy atom. The van der Waals surface area contributed by atoms with Gasteiger partial charge in [0, 0.05) is 10.6 Å². The van der Waals surface area contributed by atoms with Crippen LogP contribution in [0.5, 0.6) is 0 Å². The lowest BCUT2D eigenvalue weighted by Gasteiger charge is -2.10. The zero-order chi connectivity index (χ0) is 20.7. The molecule has 0 atom stereocenters. The minimum atomic E-state index is -0.0618. The summed E-state index contributed by atoms with van der Waals surface area (Å²) in [6, 6.07) is 7.79. The first-order valence-corrected chi connectivity index (χ1v) is 12.9. The lowest BCUT2D eigenvalue weighted by Crippen LogP contribution is -2.14. The Kier molecular flexibility index (Phi) is 5.43. The number of rotatable bonds is 5. The minimum absolute atomic E-state index is 0.0618. The van der Waals surface area contributed by atoms with E-state index < -0.39 is 0 Å². The number of carbonyl (C=O) groups excluding carboxylic acids is 1. The van der Waals surface area contributed by atoms with E-state index in [-0.39, 0.29) is 11.7 Å². The average Bonchev–Trinajstić information content (AvgIpc) is 3.34. The summed E-state index contributed by atoms with van der Waals surface area (Å²) < 4.78 is 2.01. The molecule has 0 fully saturated rings. The number of anilines is 1. The number of benzene rings is 1. The fourth-order valence-corrected chi connectivity index (χ4v) is 6.44. The van der Waals surface area contributed by atoms with Gasteiger partial charge in [-0.3, -0.25) is 4.79 Å². The highest BCUT2D eigenvalue weighted by atomic mass is 32.2. The molecule has 1 amide bonds. The molecular formula is C21H21N5OS3. The molecule has 1 N–H and O–H groups in total. The first-order valence-electron chi connectivity index (χ1n) is 9.86. The maximum Gasteiger partial charge on any atom is 0.234 e. The molecule has 0 spiro atoms. The standard InChI is InChI=1S/C21H21N5OS3/c1-12-7-9-13(10-8-12)22-16(27)11-29-21-25-24-18-17-14-5-3-4-6-15(14)30-19(17)23-20(28-2)26(18)21/h7-10H,3-6,11H2,1-2H3,(H,22,27). The third-order valence-corrected chi connectivity index (χ3v) is 8.00. The summed E-state index contributed by atoms with van der Waals surface area (Å²) in [4.78, 5) is 19.8. The maximum atomic E-state index is 12.4. The van der Waals surface area contributed by atoms with Gasteiger partial charge < -0.3 is 5.32 Å². The highest BCUT2D eigenvalue weighted by molar-refractivity contribution is 8.00. The summed E-state index contributed by atoms with van der Waals surface area (Å²) in [5.41, 5.74) is 4.23. The molecule has 4 aromatic rings. The summed E-state index contributed by atoms with van der Waals surface area (Å²) in [7, 11) is 0. The van der Waals surface area contributed by atoms with E-state index in [1.54, 1.807) is 23.1 Å². The van der Waals surface area contributed by atoms with Crippen molar-refractivity contribution in [1.29, 1.82) is 0 Å². The van der Waals surface area contributed by atoms with E-state index >= 15 is 0 Å². The smallest absolute Gasteiger partial charge is 0.234 e. The molecule has 1 aliphatic rings. The fraction of sp³-hybridized carbons (Fsp3) is 0.333. The van der Waals surface area contributed by atoms with Gasteiger partial charge in [-0.2, -0.15) is 0 Å². The van der Waals surface area contributed by atoms with Crippen molar-refractivity contribution in [2.24, 2.45) is 0 Å². The van der Waals surface area contributed by atoms with Gasteiger partial charge in [0.25, 0.3) is 0 Å². The Morgan fingerprint density at radius 3 is 2.77 bits per heavy atom. The maximum absolute atomic E-state index is 12.4. The molecule has 0 unspecified atom stereocenters. The second kappa shape index (κ2) is 8.20. The molecule has 3 heterocycles. The molecule has 3 aromatic heterocycles. The molecule has 0 saturated carbocycles. The van der Waals surface area contributed by atoms with Crippen LogP contribution in [0.3, 0.4) is 0 Å². The number of hydrogen-bond acceptors (Lipinski definition) is 7. The van der Waals surface area contributed by atoms with Gasteiger partial charge in [-0.15, -0.1) is 21.5 Å². The Morgan fingerprint density at radius 1 is 1.17 bits per heavy atom. The monoisotopic (exact) mass is 455 g/mol. The normalized spacial score (nSPS) is 13.7. The Balaban J connectivity index is 1.44.